The van der Waals surface area contributed by atoms with E-state index in [1.807, 2.05) is 30.5 Å². The van der Waals surface area contributed by atoms with Crippen LogP contribution < -0.4 is 5.32 Å². The van der Waals surface area contributed by atoms with E-state index in [0.29, 0.717) is 11.7 Å². The van der Waals surface area contributed by atoms with Gasteiger partial charge in [-0.3, -0.25) is 4.98 Å². The Bertz CT molecular complexity index is 1310. The highest BCUT2D eigenvalue weighted by atomic mass is 32.1. The lowest BCUT2D eigenvalue weighted by Gasteiger charge is -2.27. The lowest BCUT2D eigenvalue weighted by molar-refractivity contribution is 0.286. The molecule has 0 unspecified atom stereocenters. The fourth-order valence-corrected chi connectivity index (χ4v) is 5.55. The number of para-hydroxylation sites is 1. The predicted molar refractivity (Wildman–Crippen MR) is 139 cm³/mol. The zero-order chi connectivity index (χ0) is 23.8. The lowest BCUT2D eigenvalue weighted by atomic mass is 9.96. The molecule has 1 aliphatic rings. The van der Waals surface area contributed by atoms with Gasteiger partial charge in [-0.15, -0.1) is 0 Å². The third-order valence-electron chi connectivity index (χ3n) is 6.82. The Labute approximate surface area is 206 Å². The Balaban J connectivity index is 1.66. The van der Waals surface area contributed by atoms with Gasteiger partial charge in [0.25, 0.3) is 0 Å². The monoisotopic (exact) mass is 470 g/mol. The van der Waals surface area contributed by atoms with Crippen LogP contribution in [0.3, 0.4) is 0 Å². The second-order valence-electron chi connectivity index (χ2n) is 8.93. The van der Waals surface area contributed by atoms with Crippen LogP contribution in [0.25, 0.3) is 5.69 Å². The fraction of sp³-hybridized carbons (Fsp3) is 0.286. The summed E-state index contributed by atoms with van der Waals surface area (Å²) in [7, 11) is 0. The molecule has 0 spiro atoms. The number of aromatic nitrogens is 2. The van der Waals surface area contributed by atoms with E-state index in [9.17, 15) is 0 Å². The molecule has 5 nitrogen and oxygen atoms in total. The number of hydrogen-bond donors (Lipinski definition) is 1. The molecule has 34 heavy (non-hydrogen) atoms. The van der Waals surface area contributed by atoms with E-state index in [1.54, 1.807) is 6.26 Å². The number of aryl methyl sites for hydroxylation is 3. The van der Waals surface area contributed by atoms with Gasteiger partial charge in [-0.05, 0) is 86.4 Å². The van der Waals surface area contributed by atoms with Gasteiger partial charge in [0.05, 0.1) is 36.3 Å². The molecular weight excluding hydrogens is 440 g/mol. The van der Waals surface area contributed by atoms with Gasteiger partial charge >= 0.3 is 0 Å². The third kappa shape index (κ3) is 3.82. The van der Waals surface area contributed by atoms with Crippen molar-refractivity contribution in [2.45, 2.75) is 52.7 Å². The average Bonchev–Trinajstić information content (AvgIpc) is 3.54. The molecule has 0 amide bonds. The first kappa shape index (κ1) is 22.4. The lowest BCUT2D eigenvalue weighted by Crippen LogP contribution is -2.29. The molecule has 1 fully saturated rings. The molecule has 1 N–H and O–H groups in total. The van der Waals surface area contributed by atoms with E-state index in [0.717, 1.165) is 17.9 Å². The zero-order valence-corrected chi connectivity index (χ0v) is 20.9. The van der Waals surface area contributed by atoms with E-state index >= 15 is 0 Å². The molecule has 4 aromatic rings. The average molecular weight is 471 g/mol. The highest BCUT2D eigenvalue weighted by Gasteiger charge is 2.41. The first-order valence-electron chi connectivity index (χ1n) is 11.8. The summed E-state index contributed by atoms with van der Waals surface area (Å²) >= 11 is 5.84. The smallest absolute Gasteiger partial charge is 0.170 e. The Morgan fingerprint density at radius 1 is 1.06 bits per heavy atom. The van der Waals surface area contributed by atoms with Crippen LogP contribution in [0, 0.1) is 20.8 Å². The normalized spacial score (nSPS) is 17.9. The van der Waals surface area contributed by atoms with Crippen LogP contribution in [-0.4, -0.2) is 19.6 Å². The van der Waals surface area contributed by atoms with Gasteiger partial charge in [0.2, 0.25) is 0 Å². The van der Waals surface area contributed by atoms with Crippen LogP contribution >= 0.6 is 12.2 Å². The van der Waals surface area contributed by atoms with Crippen LogP contribution in [0.15, 0.2) is 71.5 Å². The largest absolute Gasteiger partial charge is 0.467 e. The van der Waals surface area contributed by atoms with Crippen molar-refractivity contribution < 1.29 is 4.42 Å². The number of furan rings is 1. The topological polar surface area (TPSA) is 46.2 Å². The molecule has 0 aliphatic carbocycles. The van der Waals surface area contributed by atoms with Crippen LogP contribution in [0.5, 0.6) is 0 Å². The number of benzene rings is 1. The number of thiocarbonyl (C=S) groups is 1. The van der Waals surface area contributed by atoms with E-state index in [-0.39, 0.29) is 12.1 Å². The van der Waals surface area contributed by atoms with Crippen molar-refractivity contribution in [3.63, 3.8) is 0 Å². The van der Waals surface area contributed by atoms with Crippen LogP contribution in [-0.2, 0) is 13.0 Å². The highest BCUT2D eigenvalue weighted by Crippen LogP contribution is 2.42. The molecule has 0 radical (unpaired) electrons. The van der Waals surface area contributed by atoms with Gasteiger partial charge in [-0.25, -0.2) is 0 Å². The maximum Gasteiger partial charge on any atom is 0.170 e. The molecule has 1 aromatic carbocycles. The molecule has 1 aliphatic heterocycles. The number of nitrogens with one attached hydrogen (secondary N) is 1. The quantitative estimate of drug-likeness (QED) is 0.344. The minimum absolute atomic E-state index is 0.0125. The number of hydrogen-bond acceptors (Lipinski definition) is 3. The van der Waals surface area contributed by atoms with Crippen molar-refractivity contribution in [1.82, 2.24) is 19.8 Å². The second-order valence-corrected chi connectivity index (χ2v) is 9.32. The molecule has 0 bridgehead atoms. The van der Waals surface area contributed by atoms with Crippen molar-refractivity contribution in [2.75, 3.05) is 0 Å². The SMILES string of the molecule is CCc1cccc(C)c1-n1c(C)cc([C@@H]2[C@@H](c3ccccn3)NC(=S)N2Cc2ccco2)c1C. The van der Waals surface area contributed by atoms with Crippen molar-refractivity contribution in [1.29, 1.82) is 0 Å². The summed E-state index contributed by atoms with van der Waals surface area (Å²) in [6.45, 7) is 9.42. The minimum atomic E-state index is -0.0554. The third-order valence-corrected chi connectivity index (χ3v) is 7.17. The van der Waals surface area contributed by atoms with E-state index in [1.165, 1.54) is 33.8 Å². The van der Waals surface area contributed by atoms with Crippen LogP contribution in [0.4, 0.5) is 0 Å². The molecule has 1 saturated heterocycles. The number of nitrogens with zero attached hydrogens (tertiary/aromatic N) is 3. The summed E-state index contributed by atoms with van der Waals surface area (Å²) in [5.74, 6) is 0.886. The van der Waals surface area contributed by atoms with Gasteiger partial charge in [0, 0.05) is 17.6 Å². The first-order chi connectivity index (χ1) is 16.5. The maximum absolute atomic E-state index is 5.84. The second kappa shape index (κ2) is 9.11. The van der Waals surface area contributed by atoms with Gasteiger partial charge in [-0.2, -0.15) is 0 Å². The maximum atomic E-state index is 5.84. The van der Waals surface area contributed by atoms with Gasteiger partial charge in [0.15, 0.2) is 5.11 Å². The Hall–Kier alpha value is -3.38. The standard InChI is InChI=1S/C28H30N4OS/c1-5-21-11-8-10-18(2)26(21)32-19(3)16-23(20(32)4)27-25(24-13-6-7-14-29-24)30-28(34)31(27)17-22-12-9-15-33-22/h6-16,25,27H,5,17H2,1-4H3,(H,30,34)/t25-,27-/m1/s1. The van der Waals surface area contributed by atoms with E-state index < -0.39 is 0 Å². The number of pyridine rings is 1. The van der Waals surface area contributed by atoms with Crippen molar-refractivity contribution in [3.05, 3.63) is 107 Å². The summed E-state index contributed by atoms with van der Waals surface area (Å²) in [6, 6.07) is 18.8. The summed E-state index contributed by atoms with van der Waals surface area (Å²) in [4.78, 5) is 6.92. The van der Waals surface area contributed by atoms with Gasteiger partial charge < -0.3 is 19.2 Å². The van der Waals surface area contributed by atoms with Crippen LogP contribution in [0.2, 0.25) is 0 Å². The fourth-order valence-electron chi connectivity index (χ4n) is 5.24. The molecule has 6 heteroatoms. The summed E-state index contributed by atoms with van der Waals surface area (Å²) in [6.07, 6.45) is 4.54. The zero-order valence-electron chi connectivity index (χ0n) is 20.1. The van der Waals surface area contributed by atoms with Crippen molar-refractivity contribution in [2.24, 2.45) is 0 Å². The predicted octanol–water partition coefficient (Wildman–Crippen LogP) is 6.13. The molecule has 0 saturated carbocycles. The summed E-state index contributed by atoms with van der Waals surface area (Å²) in [5, 5.41) is 4.27. The summed E-state index contributed by atoms with van der Waals surface area (Å²) < 4.78 is 8.10. The Morgan fingerprint density at radius 2 is 1.91 bits per heavy atom. The molecule has 4 heterocycles. The molecule has 2 atom stereocenters. The van der Waals surface area contributed by atoms with E-state index in [4.69, 9.17) is 16.6 Å². The minimum Gasteiger partial charge on any atom is -0.467 e. The Morgan fingerprint density at radius 3 is 2.62 bits per heavy atom. The summed E-state index contributed by atoms with van der Waals surface area (Å²) in [5.41, 5.74) is 8.58. The molecule has 5 rings (SSSR count). The number of rotatable bonds is 6. The first-order valence-corrected chi connectivity index (χ1v) is 12.2. The molecular formula is C28H30N4OS. The highest BCUT2D eigenvalue weighted by molar-refractivity contribution is 7.80. The van der Waals surface area contributed by atoms with Gasteiger partial charge in [0.1, 0.15) is 5.76 Å². The molecule has 174 valence electrons. The Kier molecular flexibility index (Phi) is 6.00. The van der Waals surface area contributed by atoms with Crippen molar-refractivity contribution in [3.8, 4) is 5.69 Å². The molecule has 3 aromatic heterocycles. The van der Waals surface area contributed by atoms with Crippen molar-refractivity contribution >= 4 is 17.3 Å². The van der Waals surface area contributed by atoms with Crippen LogP contribution in [0.1, 0.15) is 58.5 Å². The van der Waals surface area contributed by atoms with Gasteiger partial charge in [-0.1, -0.05) is 31.2 Å². The van der Waals surface area contributed by atoms with E-state index in [2.05, 4.69) is 77.8 Å².